The molecule has 10 heavy (non-hydrogen) atoms. The maximum atomic E-state index is 10.4. The van der Waals surface area contributed by atoms with Crippen LogP contribution in [0.2, 0.25) is 0 Å². The number of allylic oxidation sites excluding steroid dienone is 1. The van der Waals surface area contributed by atoms with Crippen LogP contribution in [0.3, 0.4) is 0 Å². The van der Waals surface area contributed by atoms with Gasteiger partial charge in [-0.2, -0.15) is 8.42 Å². The normalized spacial score (nSPS) is 14.1. The summed E-state index contributed by atoms with van der Waals surface area (Å²) in [4.78, 5) is 0. The van der Waals surface area contributed by atoms with Crippen molar-refractivity contribution >= 4 is 10.1 Å². The summed E-state index contributed by atoms with van der Waals surface area (Å²) in [5, 5.41) is -0.912. The topological polar surface area (TPSA) is 54.4 Å². The summed E-state index contributed by atoms with van der Waals surface area (Å²) >= 11 is 0. The van der Waals surface area contributed by atoms with Gasteiger partial charge in [0.15, 0.2) is 0 Å². The molecule has 0 bridgehead atoms. The van der Waals surface area contributed by atoms with Crippen molar-refractivity contribution in [3.63, 3.8) is 0 Å². The molecule has 0 aliphatic rings. The summed E-state index contributed by atoms with van der Waals surface area (Å²) < 4.78 is 29.2. The largest absolute Gasteiger partial charge is 0.285 e. The molecule has 0 aromatic rings. The van der Waals surface area contributed by atoms with E-state index in [0.29, 0.717) is 0 Å². The van der Waals surface area contributed by atoms with Gasteiger partial charge < -0.3 is 0 Å². The predicted octanol–water partition coefficient (Wildman–Crippen LogP) is 1.00. The Morgan fingerprint density at radius 1 is 1.50 bits per heavy atom. The lowest BCUT2D eigenvalue weighted by Gasteiger charge is -2.03. The predicted molar refractivity (Wildman–Crippen MR) is 40.3 cm³/mol. The average molecular weight is 162 g/mol. The highest BCUT2D eigenvalue weighted by molar-refractivity contribution is 7.86. The first-order chi connectivity index (χ1) is 4.52. The smallest absolute Gasteiger partial charge is 0.271 e. The van der Waals surface area contributed by atoms with Crippen molar-refractivity contribution in [3.8, 4) is 0 Å². The second kappa shape index (κ2) is 3.53. The summed E-state index contributed by atoms with van der Waals surface area (Å²) in [6.07, 6.45) is 2.79. The summed E-state index contributed by atoms with van der Waals surface area (Å²) in [7, 11) is -3.97. The van der Waals surface area contributed by atoms with Crippen molar-refractivity contribution in [3.05, 3.63) is 25.3 Å². The lowest BCUT2D eigenvalue weighted by Crippen LogP contribution is -2.16. The molecule has 0 aliphatic carbocycles. The molecule has 58 valence electrons. The van der Waals surface area contributed by atoms with Crippen LogP contribution in [0, 0.1) is 0 Å². The third kappa shape index (κ3) is 2.80. The van der Waals surface area contributed by atoms with Gasteiger partial charge >= 0.3 is 0 Å². The van der Waals surface area contributed by atoms with Crippen molar-refractivity contribution in [2.24, 2.45) is 0 Å². The van der Waals surface area contributed by atoms with Gasteiger partial charge in [0.1, 0.15) is 5.25 Å². The molecule has 1 unspecified atom stereocenters. The first-order valence-corrected chi connectivity index (χ1v) is 4.22. The summed E-state index contributed by atoms with van der Waals surface area (Å²) in [5.74, 6) is 0. The van der Waals surface area contributed by atoms with Crippen LogP contribution in [0.25, 0.3) is 0 Å². The first-order valence-electron chi connectivity index (χ1n) is 2.72. The Bertz CT molecular complexity index is 215. The van der Waals surface area contributed by atoms with Gasteiger partial charge in [0.05, 0.1) is 0 Å². The molecule has 1 atom stereocenters. The van der Waals surface area contributed by atoms with Crippen LogP contribution in [0.4, 0.5) is 0 Å². The van der Waals surface area contributed by atoms with E-state index in [0.717, 1.165) is 0 Å². The fourth-order valence-corrected chi connectivity index (χ4v) is 1.13. The lowest BCUT2D eigenvalue weighted by atomic mass is 10.3. The molecular formula is C6H10O3S. The minimum Gasteiger partial charge on any atom is -0.285 e. The van der Waals surface area contributed by atoms with Gasteiger partial charge in [0.25, 0.3) is 10.1 Å². The Morgan fingerprint density at radius 2 is 2.00 bits per heavy atom. The minimum absolute atomic E-state index is 0.197. The maximum absolute atomic E-state index is 10.4. The number of hydrogen-bond donors (Lipinski definition) is 1. The zero-order chi connectivity index (χ0) is 8.20. The van der Waals surface area contributed by atoms with Gasteiger partial charge in [-0.15, -0.1) is 13.2 Å². The Hall–Kier alpha value is -0.610. The first kappa shape index (κ1) is 9.39. The van der Waals surface area contributed by atoms with E-state index in [2.05, 4.69) is 13.2 Å². The Balaban J connectivity index is 4.36. The van der Waals surface area contributed by atoms with E-state index in [1.165, 1.54) is 12.2 Å². The Labute approximate surface area is 60.8 Å². The van der Waals surface area contributed by atoms with Gasteiger partial charge in [0, 0.05) is 0 Å². The van der Waals surface area contributed by atoms with Gasteiger partial charge in [-0.3, -0.25) is 4.55 Å². The summed E-state index contributed by atoms with van der Waals surface area (Å²) in [6, 6.07) is 0. The highest BCUT2D eigenvalue weighted by Gasteiger charge is 2.16. The molecule has 3 nitrogen and oxygen atoms in total. The molecule has 0 spiro atoms. The molecule has 0 saturated heterocycles. The third-order valence-electron chi connectivity index (χ3n) is 1.04. The van der Waals surface area contributed by atoms with E-state index < -0.39 is 15.4 Å². The van der Waals surface area contributed by atoms with Crippen LogP contribution < -0.4 is 0 Å². The zero-order valence-corrected chi connectivity index (χ0v) is 6.34. The molecule has 4 heteroatoms. The van der Waals surface area contributed by atoms with E-state index in [9.17, 15) is 8.42 Å². The van der Waals surface area contributed by atoms with Crippen LogP contribution in [-0.4, -0.2) is 18.2 Å². The van der Waals surface area contributed by atoms with Crippen molar-refractivity contribution < 1.29 is 13.0 Å². The molecule has 0 aromatic heterocycles. The molecule has 0 saturated carbocycles. The standard InChI is InChI=1S/C6H10O3S/c1-3-5-6(4-2)10(7,8)9/h3-4,6H,1-2,5H2,(H,7,8,9). The number of rotatable bonds is 4. The quantitative estimate of drug-likeness (QED) is 0.495. The average Bonchev–Trinajstić information content (AvgIpc) is 1.80. The molecule has 0 amide bonds. The van der Waals surface area contributed by atoms with Crippen molar-refractivity contribution in [1.29, 1.82) is 0 Å². The fourth-order valence-electron chi connectivity index (χ4n) is 0.504. The molecular weight excluding hydrogens is 152 g/mol. The minimum atomic E-state index is -3.97. The Kier molecular flexibility index (Phi) is 3.32. The molecule has 0 rings (SSSR count). The highest BCUT2D eigenvalue weighted by Crippen LogP contribution is 2.04. The Morgan fingerprint density at radius 3 is 2.10 bits per heavy atom. The summed E-state index contributed by atoms with van der Waals surface area (Å²) in [5.41, 5.74) is 0. The molecule has 0 heterocycles. The molecule has 0 aliphatic heterocycles. The van der Waals surface area contributed by atoms with E-state index in [1.54, 1.807) is 0 Å². The number of hydrogen-bond acceptors (Lipinski definition) is 2. The van der Waals surface area contributed by atoms with Gasteiger partial charge in [-0.05, 0) is 6.42 Å². The van der Waals surface area contributed by atoms with Gasteiger partial charge in [0.2, 0.25) is 0 Å². The van der Waals surface area contributed by atoms with Gasteiger partial charge in [-0.1, -0.05) is 12.2 Å². The molecule has 0 radical (unpaired) electrons. The third-order valence-corrected chi connectivity index (χ3v) is 2.19. The lowest BCUT2D eigenvalue weighted by molar-refractivity contribution is 0.475. The van der Waals surface area contributed by atoms with E-state index >= 15 is 0 Å². The summed E-state index contributed by atoms with van der Waals surface area (Å²) in [6.45, 7) is 6.60. The molecule has 0 fully saturated rings. The molecule has 0 aromatic carbocycles. The second-order valence-corrected chi connectivity index (χ2v) is 3.45. The molecule has 1 N–H and O–H groups in total. The highest BCUT2D eigenvalue weighted by atomic mass is 32.2. The van der Waals surface area contributed by atoms with Crippen LogP contribution in [0.15, 0.2) is 25.3 Å². The van der Waals surface area contributed by atoms with Gasteiger partial charge in [-0.25, -0.2) is 0 Å². The van der Waals surface area contributed by atoms with E-state index in [4.69, 9.17) is 4.55 Å². The van der Waals surface area contributed by atoms with E-state index in [1.807, 2.05) is 0 Å². The van der Waals surface area contributed by atoms with Crippen LogP contribution in [0.5, 0.6) is 0 Å². The second-order valence-electron chi connectivity index (χ2n) is 1.81. The van der Waals surface area contributed by atoms with Crippen LogP contribution in [-0.2, 0) is 10.1 Å². The fraction of sp³-hybridized carbons (Fsp3) is 0.333. The maximum Gasteiger partial charge on any atom is 0.271 e. The van der Waals surface area contributed by atoms with Crippen LogP contribution >= 0.6 is 0 Å². The van der Waals surface area contributed by atoms with Crippen molar-refractivity contribution in [2.75, 3.05) is 0 Å². The van der Waals surface area contributed by atoms with Crippen molar-refractivity contribution in [1.82, 2.24) is 0 Å². The SMILES string of the molecule is C=CCC(C=C)S(=O)(=O)O. The monoisotopic (exact) mass is 162 g/mol. The van der Waals surface area contributed by atoms with Crippen molar-refractivity contribution in [2.45, 2.75) is 11.7 Å². The van der Waals surface area contributed by atoms with Crippen LogP contribution in [0.1, 0.15) is 6.42 Å². The van der Waals surface area contributed by atoms with E-state index in [-0.39, 0.29) is 6.42 Å². The zero-order valence-electron chi connectivity index (χ0n) is 5.53.